The molecule has 0 N–H and O–H groups in total. The summed E-state index contributed by atoms with van der Waals surface area (Å²) < 4.78 is 40.4. The van der Waals surface area contributed by atoms with E-state index in [9.17, 15) is 13.2 Å². The first-order chi connectivity index (χ1) is 13.0. The molecule has 28 heavy (non-hydrogen) atoms. The molecule has 2 aromatic carbocycles. The van der Waals surface area contributed by atoms with Gasteiger partial charge < -0.3 is 0 Å². The third-order valence-electron chi connectivity index (χ3n) is 3.77. The van der Waals surface area contributed by atoms with E-state index in [1.54, 1.807) is 0 Å². The maximum Gasteiger partial charge on any atom is 0.416 e. The summed E-state index contributed by atoms with van der Waals surface area (Å²) in [5, 5.41) is 0.299. The van der Waals surface area contributed by atoms with Gasteiger partial charge in [-0.2, -0.15) is 13.2 Å². The summed E-state index contributed by atoms with van der Waals surface area (Å²) in [6.45, 7) is 0. The molecule has 0 amide bonds. The van der Waals surface area contributed by atoms with Crippen molar-refractivity contribution in [2.75, 3.05) is 0 Å². The molecule has 0 spiro atoms. The van der Waals surface area contributed by atoms with Crippen molar-refractivity contribution >= 4 is 69.6 Å². The van der Waals surface area contributed by atoms with Crippen LogP contribution in [-0.4, -0.2) is 4.98 Å². The molecule has 1 nitrogen and oxygen atoms in total. The van der Waals surface area contributed by atoms with E-state index in [1.165, 1.54) is 24.3 Å². The van der Waals surface area contributed by atoms with Gasteiger partial charge in [0, 0.05) is 11.1 Å². The molecular weight excluding hydrogens is 500 g/mol. The molecule has 0 saturated carbocycles. The highest BCUT2D eigenvalue weighted by Gasteiger charge is 2.32. The fraction of sp³-hybridized carbons (Fsp3) is 0.0556. The van der Waals surface area contributed by atoms with Crippen molar-refractivity contribution in [1.29, 1.82) is 0 Å². The molecule has 0 radical (unpaired) electrons. The molecule has 1 aromatic heterocycles. The van der Waals surface area contributed by atoms with Crippen LogP contribution in [0.3, 0.4) is 0 Å². The number of pyridine rings is 1. The minimum absolute atomic E-state index is 0.00849. The van der Waals surface area contributed by atoms with Crippen LogP contribution in [0.2, 0.25) is 30.1 Å². The predicted octanol–water partition coefficient (Wildman–Crippen LogP) is 9.35. The van der Waals surface area contributed by atoms with Crippen LogP contribution in [0.1, 0.15) is 5.56 Å². The van der Waals surface area contributed by atoms with Gasteiger partial charge in [-0.25, -0.2) is 4.98 Å². The van der Waals surface area contributed by atoms with E-state index in [2.05, 4.69) is 4.98 Å². The summed E-state index contributed by atoms with van der Waals surface area (Å²) in [5.74, 6) is 0. The number of benzene rings is 2. The van der Waals surface area contributed by atoms with Gasteiger partial charge in [0.05, 0.1) is 47.1 Å². The zero-order valence-corrected chi connectivity index (χ0v) is 17.8. The highest BCUT2D eigenvalue weighted by molar-refractivity contribution is 6.49. The second-order valence-corrected chi connectivity index (χ2v) is 7.90. The number of nitrogens with zero attached hydrogens (tertiary/aromatic N) is 1. The standard InChI is InChI=1S/C18H6Cl6F3N/c19-10-3-1-8(14(21)16(10)23)12-5-7(18(25,26)27)6-13(28-12)9-2-4-11(20)17(24)15(9)22/h1-6H. The normalized spacial score (nSPS) is 11.8. The molecule has 0 fully saturated rings. The van der Waals surface area contributed by atoms with Crippen molar-refractivity contribution in [1.82, 2.24) is 4.98 Å². The Kier molecular flexibility index (Phi) is 6.31. The number of aromatic nitrogens is 1. The number of hydrogen-bond donors (Lipinski definition) is 0. The van der Waals surface area contributed by atoms with E-state index in [0.717, 1.165) is 12.1 Å². The van der Waals surface area contributed by atoms with Gasteiger partial charge in [-0.3, -0.25) is 0 Å². The first-order valence-electron chi connectivity index (χ1n) is 7.37. The number of rotatable bonds is 2. The van der Waals surface area contributed by atoms with Crippen LogP contribution in [0.15, 0.2) is 36.4 Å². The van der Waals surface area contributed by atoms with Gasteiger partial charge in [-0.15, -0.1) is 0 Å². The van der Waals surface area contributed by atoms with Gasteiger partial charge in [0.25, 0.3) is 0 Å². The van der Waals surface area contributed by atoms with Crippen molar-refractivity contribution < 1.29 is 13.2 Å². The van der Waals surface area contributed by atoms with E-state index < -0.39 is 11.7 Å². The second-order valence-electron chi connectivity index (χ2n) is 5.57. The second kappa shape index (κ2) is 8.10. The summed E-state index contributed by atoms with van der Waals surface area (Å²) >= 11 is 36.2. The van der Waals surface area contributed by atoms with Gasteiger partial charge in [-0.1, -0.05) is 69.6 Å². The summed E-state index contributed by atoms with van der Waals surface area (Å²) in [6, 6.07) is 7.41. The maximum atomic E-state index is 13.5. The molecule has 1 heterocycles. The van der Waals surface area contributed by atoms with Crippen LogP contribution < -0.4 is 0 Å². The Morgan fingerprint density at radius 2 is 1.00 bits per heavy atom. The summed E-state index contributed by atoms with van der Waals surface area (Å²) in [7, 11) is 0. The molecule has 0 bridgehead atoms. The third kappa shape index (κ3) is 4.18. The van der Waals surface area contributed by atoms with Crippen LogP contribution in [0.5, 0.6) is 0 Å². The van der Waals surface area contributed by atoms with E-state index >= 15 is 0 Å². The third-order valence-corrected chi connectivity index (χ3v) is 6.36. The zero-order valence-electron chi connectivity index (χ0n) is 13.3. The molecule has 0 aliphatic carbocycles. The van der Waals surface area contributed by atoms with E-state index in [4.69, 9.17) is 69.6 Å². The molecule has 10 heteroatoms. The lowest BCUT2D eigenvalue weighted by Crippen LogP contribution is -2.07. The molecule has 0 saturated heterocycles. The lowest BCUT2D eigenvalue weighted by molar-refractivity contribution is -0.137. The SMILES string of the molecule is FC(F)(F)c1cc(-c2ccc(Cl)c(Cl)c2Cl)nc(-c2ccc(Cl)c(Cl)c2Cl)c1. The fourth-order valence-corrected chi connectivity index (χ4v) is 3.68. The predicted molar refractivity (Wildman–Crippen MR) is 110 cm³/mol. The summed E-state index contributed by atoms with van der Waals surface area (Å²) in [6.07, 6.45) is -4.64. The van der Waals surface area contributed by atoms with Gasteiger partial charge in [0.2, 0.25) is 0 Å². The largest absolute Gasteiger partial charge is 0.416 e. The summed E-state index contributed by atoms with van der Waals surface area (Å²) in [5.41, 5.74) is -0.706. The first kappa shape index (κ1) is 21.8. The van der Waals surface area contributed by atoms with E-state index in [1.807, 2.05) is 0 Å². The van der Waals surface area contributed by atoms with Crippen LogP contribution in [0.25, 0.3) is 22.5 Å². The Morgan fingerprint density at radius 3 is 1.36 bits per heavy atom. The Labute approximate surface area is 187 Å². The minimum atomic E-state index is -4.64. The van der Waals surface area contributed by atoms with Gasteiger partial charge in [0.15, 0.2) is 0 Å². The van der Waals surface area contributed by atoms with Crippen molar-refractivity contribution in [2.45, 2.75) is 6.18 Å². The Bertz CT molecular complexity index is 1010. The van der Waals surface area contributed by atoms with Crippen LogP contribution >= 0.6 is 69.6 Å². The lowest BCUT2D eigenvalue weighted by atomic mass is 10.0. The highest BCUT2D eigenvalue weighted by atomic mass is 35.5. The molecule has 146 valence electrons. The maximum absolute atomic E-state index is 13.5. The fourth-order valence-electron chi connectivity index (χ4n) is 2.42. The van der Waals surface area contributed by atoms with Crippen molar-refractivity contribution in [3.63, 3.8) is 0 Å². The number of alkyl halides is 3. The molecular formula is C18H6Cl6F3N. The Morgan fingerprint density at radius 1 is 0.607 bits per heavy atom. The topological polar surface area (TPSA) is 12.9 Å². The summed E-state index contributed by atoms with van der Waals surface area (Å²) in [4.78, 5) is 4.28. The van der Waals surface area contributed by atoms with Gasteiger partial charge >= 0.3 is 6.18 Å². The van der Waals surface area contributed by atoms with Crippen molar-refractivity contribution in [2.24, 2.45) is 0 Å². The molecule has 0 unspecified atom stereocenters. The Hall–Kier alpha value is -0.880. The molecule has 0 aliphatic rings. The number of hydrogen-bond acceptors (Lipinski definition) is 1. The Balaban J connectivity index is 2.31. The van der Waals surface area contributed by atoms with Gasteiger partial charge in [-0.05, 0) is 36.4 Å². The molecule has 3 aromatic rings. The van der Waals surface area contributed by atoms with E-state index in [-0.39, 0.29) is 52.7 Å². The quantitative estimate of drug-likeness (QED) is 0.316. The lowest BCUT2D eigenvalue weighted by Gasteiger charge is -2.14. The zero-order chi connectivity index (χ0) is 20.8. The number of halogens is 9. The van der Waals surface area contributed by atoms with Crippen molar-refractivity contribution in [3.8, 4) is 22.5 Å². The smallest absolute Gasteiger partial charge is 0.248 e. The van der Waals surface area contributed by atoms with Gasteiger partial charge in [0.1, 0.15) is 0 Å². The first-order valence-corrected chi connectivity index (χ1v) is 9.64. The monoisotopic (exact) mass is 503 g/mol. The minimum Gasteiger partial charge on any atom is -0.248 e. The molecule has 0 atom stereocenters. The molecule has 0 aliphatic heterocycles. The van der Waals surface area contributed by atoms with Crippen LogP contribution in [0, 0.1) is 0 Å². The highest BCUT2D eigenvalue weighted by Crippen LogP contribution is 2.42. The van der Waals surface area contributed by atoms with E-state index in [0.29, 0.717) is 0 Å². The van der Waals surface area contributed by atoms with Crippen LogP contribution in [-0.2, 0) is 6.18 Å². The van der Waals surface area contributed by atoms with Crippen LogP contribution in [0.4, 0.5) is 13.2 Å². The average molecular weight is 506 g/mol. The average Bonchev–Trinajstić information content (AvgIpc) is 2.63. The molecule has 3 rings (SSSR count). The van der Waals surface area contributed by atoms with Crippen molar-refractivity contribution in [3.05, 3.63) is 72.1 Å².